The van der Waals surface area contributed by atoms with Gasteiger partial charge in [0.15, 0.2) is 9.84 Å². The summed E-state index contributed by atoms with van der Waals surface area (Å²) in [5.41, 5.74) is 5.69. The topological polar surface area (TPSA) is 89.3 Å². The third-order valence-electron chi connectivity index (χ3n) is 2.15. The summed E-state index contributed by atoms with van der Waals surface area (Å²) in [6, 6.07) is 6.65. The molecule has 0 aliphatic heterocycles. The maximum atomic E-state index is 11.8. The number of hydrogen-bond acceptors (Lipinski definition) is 4. The molecular formula is C11H15ClN2O3S. The first-order valence-corrected chi connectivity index (χ1v) is 7.55. The zero-order valence-corrected chi connectivity index (χ0v) is 11.3. The van der Waals surface area contributed by atoms with E-state index in [2.05, 4.69) is 5.32 Å². The SMILES string of the molecule is NCCNC(=O)CS(=O)(=O)Cc1ccccc1Cl. The largest absolute Gasteiger partial charge is 0.354 e. The van der Waals surface area contributed by atoms with E-state index in [4.69, 9.17) is 17.3 Å². The van der Waals surface area contributed by atoms with Gasteiger partial charge in [0.2, 0.25) is 5.91 Å². The maximum absolute atomic E-state index is 11.8. The Hall–Kier alpha value is -1.11. The van der Waals surface area contributed by atoms with E-state index in [-0.39, 0.29) is 18.8 Å². The van der Waals surface area contributed by atoms with Gasteiger partial charge < -0.3 is 11.1 Å². The minimum absolute atomic E-state index is 0.247. The quantitative estimate of drug-likeness (QED) is 0.790. The van der Waals surface area contributed by atoms with Crippen LogP contribution in [0.2, 0.25) is 5.02 Å². The Morgan fingerprint density at radius 1 is 1.33 bits per heavy atom. The van der Waals surface area contributed by atoms with Gasteiger partial charge in [0, 0.05) is 18.1 Å². The minimum Gasteiger partial charge on any atom is -0.354 e. The first-order valence-electron chi connectivity index (χ1n) is 5.35. The van der Waals surface area contributed by atoms with Crippen LogP contribution in [-0.2, 0) is 20.4 Å². The lowest BCUT2D eigenvalue weighted by Crippen LogP contribution is -2.34. The number of rotatable bonds is 6. The Morgan fingerprint density at radius 3 is 2.61 bits per heavy atom. The molecule has 0 bridgehead atoms. The van der Waals surface area contributed by atoms with Crippen molar-refractivity contribution in [2.75, 3.05) is 18.8 Å². The molecule has 0 aliphatic rings. The standard InChI is InChI=1S/C11H15ClN2O3S/c12-10-4-2-1-3-9(10)7-18(16,17)8-11(15)14-6-5-13/h1-4H,5-8,13H2,(H,14,15). The smallest absolute Gasteiger partial charge is 0.235 e. The van der Waals surface area contributed by atoms with Gasteiger partial charge in [-0.3, -0.25) is 4.79 Å². The normalized spacial score (nSPS) is 11.2. The van der Waals surface area contributed by atoms with E-state index in [9.17, 15) is 13.2 Å². The number of nitrogens with two attached hydrogens (primary N) is 1. The Labute approximate surface area is 111 Å². The van der Waals surface area contributed by atoms with E-state index in [1.165, 1.54) is 0 Å². The molecule has 0 saturated heterocycles. The lowest BCUT2D eigenvalue weighted by molar-refractivity contribution is -0.118. The summed E-state index contributed by atoms with van der Waals surface area (Å²) in [4.78, 5) is 11.3. The highest BCUT2D eigenvalue weighted by Crippen LogP contribution is 2.17. The fourth-order valence-corrected chi connectivity index (χ4v) is 2.98. The highest BCUT2D eigenvalue weighted by Gasteiger charge is 2.18. The highest BCUT2D eigenvalue weighted by molar-refractivity contribution is 7.91. The number of halogens is 1. The van der Waals surface area contributed by atoms with Gasteiger partial charge in [0.1, 0.15) is 5.75 Å². The first-order chi connectivity index (χ1) is 8.44. The van der Waals surface area contributed by atoms with Crippen LogP contribution in [0.15, 0.2) is 24.3 Å². The fourth-order valence-electron chi connectivity index (χ4n) is 1.37. The molecule has 7 heteroatoms. The molecule has 0 spiro atoms. The van der Waals surface area contributed by atoms with Crippen LogP contribution in [0.1, 0.15) is 5.56 Å². The van der Waals surface area contributed by atoms with Gasteiger partial charge in [-0.2, -0.15) is 0 Å². The Kier molecular flexibility index (Phi) is 5.58. The summed E-state index contributed by atoms with van der Waals surface area (Å²) in [7, 11) is -3.52. The predicted molar refractivity (Wildman–Crippen MR) is 71.0 cm³/mol. The molecule has 18 heavy (non-hydrogen) atoms. The van der Waals surface area contributed by atoms with Crippen LogP contribution in [0.5, 0.6) is 0 Å². The molecule has 1 amide bonds. The molecule has 5 nitrogen and oxygen atoms in total. The van der Waals surface area contributed by atoms with Crippen LogP contribution in [0, 0.1) is 0 Å². The van der Waals surface area contributed by atoms with Crippen molar-refractivity contribution < 1.29 is 13.2 Å². The third-order valence-corrected chi connectivity index (χ3v) is 3.97. The molecular weight excluding hydrogens is 276 g/mol. The first kappa shape index (κ1) is 14.9. The number of sulfone groups is 1. The second kappa shape index (κ2) is 6.72. The van der Waals surface area contributed by atoms with E-state index in [0.29, 0.717) is 10.6 Å². The molecule has 1 rings (SSSR count). The van der Waals surface area contributed by atoms with Gasteiger partial charge in [0.05, 0.1) is 5.75 Å². The summed E-state index contributed by atoms with van der Waals surface area (Å²) < 4.78 is 23.6. The summed E-state index contributed by atoms with van der Waals surface area (Å²) in [6.07, 6.45) is 0. The molecule has 0 fully saturated rings. The number of nitrogens with one attached hydrogen (secondary N) is 1. The minimum atomic E-state index is -3.52. The molecule has 0 radical (unpaired) electrons. The van der Waals surface area contributed by atoms with Gasteiger partial charge in [0.25, 0.3) is 0 Å². The van der Waals surface area contributed by atoms with Crippen molar-refractivity contribution in [3.05, 3.63) is 34.9 Å². The van der Waals surface area contributed by atoms with Crippen LogP contribution in [0.4, 0.5) is 0 Å². The number of carbonyl (C=O) groups excluding carboxylic acids is 1. The molecule has 3 N–H and O–H groups in total. The van der Waals surface area contributed by atoms with Crippen molar-refractivity contribution in [1.29, 1.82) is 0 Å². The van der Waals surface area contributed by atoms with Gasteiger partial charge in [-0.05, 0) is 11.6 Å². The molecule has 0 saturated carbocycles. The van der Waals surface area contributed by atoms with Crippen molar-refractivity contribution in [2.45, 2.75) is 5.75 Å². The van der Waals surface area contributed by atoms with E-state index in [1.54, 1.807) is 24.3 Å². The molecule has 0 aromatic heterocycles. The van der Waals surface area contributed by atoms with E-state index in [1.807, 2.05) is 0 Å². The van der Waals surface area contributed by atoms with E-state index < -0.39 is 21.5 Å². The molecule has 0 unspecified atom stereocenters. The summed E-state index contributed by atoms with van der Waals surface area (Å²) in [5, 5.41) is 2.79. The van der Waals surface area contributed by atoms with Crippen LogP contribution in [0.3, 0.4) is 0 Å². The van der Waals surface area contributed by atoms with Crippen LogP contribution < -0.4 is 11.1 Å². The van der Waals surface area contributed by atoms with Gasteiger partial charge >= 0.3 is 0 Å². The van der Waals surface area contributed by atoms with Crippen LogP contribution in [-0.4, -0.2) is 33.2 Å². The van der Waals surface area contributed by atoms with Crippen molar-refractivity contribution in [3.63, 3.8) is 0 Å². The average molecular weight is 291 g/mol. The number of benzene rings is 1. The zero-order chi connectivity index (χ0) is 13.6. The van der Waals surface area contributed by atoms with E-state index in [0.717, 1.165) is 0 Å². The average Bonchev–Trinajstić information content (AvgIpc) is 2.28. The summed E-state index contributed by atoms with van der Waals surface area (Å²) in [6.45, 7) is 0.538. The second-order valence-electron chi connectivity index (χ2n) is 3.76. The Bertz CT molecular complexity index is 517. The Morgan fingerprint density at radius 2 is 2.00 bits per heavy atom. The van der Waals surface area contributed by atoms with Crippen molar-refractivity contribution >= 4 is 27.3 Å². The molecule has 1 aromatic rings. The fraction of sp³-hybridized carbons (Fsp3) is 0.364. The van der Waals surface area contributed by atoms with Gasteiger partial charge in [-0.25, -0.2) is 8.42 Å². The maximum Gasteiger partial charge on any atom is 0.235 e. The lowest BCUT2D eigenvalue weighted by atomic mass is 10.2. The predicted octanol–water partition coefficient (Wildman–Crippen LogP) is 0.330. The zero-order valence-electron chi connectivity index (χ0n) is 9.73. The van der Waals surface area contributed by atoms with Crippen molar-refractivity contribution in [3.8, 4) is 0 Å². The second-order valence-corrected chi connectivity index (χ2v) is 6.23. The van der Waals surface area contributed by atoms with Crippen LogP contribution >= 0.6 is 11.6 Å². The van der Waals surface area contributed by atoms with Crippen molar-refractivity contribution in [1.82, 2.24) is 5.32 Å². The molecule has 100 valence electrons. The molecule has 0 aliphatic carbocycles. The molecule has 0 atom stereocenters. The van der Waals surface area contributed by atoms with Crippen molar-refractivity contribution in [2.24, 2.45) is 5.73 Å². The lowest BCUT2D eigenvalue weighted by Gasteiger charge is -2.06. The van der Waals surface area contributed by atoms with Gasteiger partial charge in [-0.1, -0.05) is 29.8 Å². The monoisotopic (exact) mass is 290 g/mol. The van der Waals surface area contributed by atoms with Gasteiger partial charge in [-0.15, -0.1) is 0 Å². The number of amides is 1. The molecule has 0 heterocycles. The molecule has 1 aromatic carbocycles. The third kappa shape index (κ3) is 5.03. The van der Waals surface area contributed by atoms with E-state index >= 15 is 0 Å². The number of carbonyl (C=O) groups is 1. The number of hydrogen-bond donors (Lipinski definition) is 2. The summed E-state index contributed by atoms with van der Waals surface area (Å²) in [5.74, 6) is -1.35. The summed E-state index contributed by atoms with van der Waals surface area (Å²) >= 11 is 5.87. The Balaban J connectivity index is 2.66. The van der Waals surface area contributed by atoms with Crippen LogP contribution in [0.25, 0.3) is 0 Å². The highest BCUT2D eigenvalue weighted by atomic mass is 35.5.